The predicted octanol–water partition coefficient (Wildman–Crippen LogP) is 4.56. The van der Waals surface area contributed by atoms with Crippen LogP contribution >= 0.6 is 0 Å². The zero-order valence-corrected chi connectivity index (χ0v) is 8.74. The molecule has 0 aliphatic heterocycles. The lowest BCUT2D eigenvalue weighted by Gasteiger charge is -1.98. The third-order valence-electron chi connectivity index (χ3n) is 1.63. The van der Waals surface area contributed by atoms with E-state index in [4.69, 9.17) is 0 Å². The smallest absolute Gasteiger partial charge is 0.0323 e. The van der Waals surface area contributed by atoms with Gasteiger partial charge in [0.25, 0.3) is 0 Å². The highest BCUT2D eigenvalue weighted by atomic mass is 13.9. The highest BCUT2D eigenvalue weighted by Gasteiger charge is 1.88. The minimum Gasteiger partial charge on any atom is -0.0999 e. The average Bonchev–Trinajstić information content (AvgIpc) is 2.08. The maximum Gasteiger partial charge on any atom is -0.0323 e. The fourth-order valence-corrected chi connectivity index (χ4v) is 0.802. The van der Waals surface area contributed by atoms with Crippen molar-refractivity contribution in [2.24, 2.45) is 0 Å². The van der Waals surface area contributed by atoms with Gasteiger partial charge in [0.15, 0.2) is 0 Å². The zero-order chi connectivity index (χ0) is 9.11. The number of hydrogen-bond donors (Lipinski definition) is 0. The van der Waals surface area contributed by atoms with Gasteiger partial charge in [-0.15, -0.1) is 0 Å². The van der Waals surface area contributed by atoms with E-state index in [2.05, 4.69) is 20.4 Å². The van der Waals surface area contributed by atoms with E-state index < -0.39 is 0 Å². The molecule has 0 saturated carbocycles. The molecule has 0 N–H and O–H groups in total. The Morgan fingerprint density at radius 2 is 1.64 bits per heavy atom. The molecule has 0 atom stereocenters. The summed E-state index contributed by atoms with van der Waals surface area (Å²) >= 11 is 0. The zero-order valence-electron chi connectivity index (χ0n) is 8.74. The molecule has 0 aromatic heterocycles. The van der Waals surface area contributed by atoms with Crippen molar-refractivity contribution in [3.05, 3.63) is 12.2 Å². The summed E-state index contributed by atoms with van der Waals surface area (Å²) in [5.74, 6) is 0. The predicted molar refractivity (Wildman–Crippen MR) is 54.9 cm³/mol. The quantitative estimate of drug-likeness (QED) is 0.404. The van der Waals surface area contributed by atoms with Crippen LogP contribution in [-0.4, -0.2) is 0 Å². The summed E-state index contributed by atoms with van der Waals surface area (Å²) < 4.78 is 0. The van der Waals surface area contributed by atoms with Crippen LogP contribution in [0.1, 0.15) is 59.8 Å². The minimum atomic E-state index is 1.16. The summed E-state index contributed by atoms with van der Waals surface area (Å²) in [5.41, 5.74) is 1.41. The van der Waals surface area contributed by atoms with E-state index >= 15 is 0 Å². The van der Waals surface area contributed by atoms with Crippen molar-refractivity contribution in [2.45, 2.75) is 59.8 Å². The fourth-order valence-electron chi connectivity index (χ4n) is 0.802. The van der Waals surface area contributed by atoms with E-state index in [0.29, 0.717) is 0 Å². The standard InChI is InChI=1S/C9H18.C2H6/c1-4-6-7-8-9(3)5-2;1-2/h3-8H2,1-2H3;1-2H3. The first-order valence-electron chi connectivity index (χ1n) is 4.97. The van der Waals surface area contributed by atoms with Crippen molar-refractivity contribution in [2.75, 3.05) is 0 Å². The molecule has 0 aromatic carbocycles. The molecule has 68 valence electrons. The molecule has 0 fully saturated rings. The Balaban J connectivity index is 0. The van der Waals surface area contributed by atoms with E-state index in [1.54, 1.807) is 0 Å². The van der Waals surface area contributed by atoms with Crippen LogP contribution in [0.2, 0.25) is 0 Å². The molecule has 0 aliphatic carbocycles. The summed E-state index contributed by atoms with van der Waals surface area (Å²) in [6.07, 6.45) is 6.41. The van der Waals surface area contributed by atoms with Crippen molar-refractivity contribution in [1.29, 1.82) is 0 Å². The van der Waals surface area contributed by atoms with E-state index in [-0.39, 0.29) is 0 Å². The van der Waals surface area contributed by atoms with Gasteiger partial charge in [0, 0.05) is 0 Å². The Bertz CT molecular complexity index is 72.1. The lowest BCUT2D eigenvalue weighted by atomic mass is 10.1. The summed E-state index contributed by atoms with van der Waals surface area (Å²) in [6, 6.07) is 0. The lowest BCUT2D eigenvalue weighted by Crippen LogP contribution is -1.78. The molecule has 0 aromatic rings. The Labute approximate surface area is 72.7 Å². The second-order valence-corrected chi connectivity index (χ2v) is 2.56. The van der Waals surface area contributed by atoms with Crippen LogP contribution in [0.25, 0.3) is 0 Å². The monoisotopic (exact) mass is 156 g/mol. The molecule has 0 saturated heterocycles. The summed E-state index contributed by atoms with van der Waals surface area (Å²) in [5, 5.41) is 0. The van der Waals surface area contributed by atoms with E-state index in [9.17, 15) is 0 Å². The van der Waals surface area contributed by atoms with Crippen molar-refractivity contribution >= 4 is 0 Å². The van der Waals surface area contributed by atoms with Gasteiger partial charge in [0.2, 0.25) is 0 Å². The summed E-state index contributed by atoms with van der Waals surface area (Å²) in [4.78, 5) is 0. The van der Waals surface area contributed by atoms with Gasteiger partial charge in [-0.2, -0.15) is 0 Å². The average molecular weight is 156 g/mol. The molecule has 0 unspecified atom stereocenters. The molecule has 0 bridgehead atoms. The maximum atomic E-state index is 3.94. The molecule has 0 aliphatic rings. The van der Waals surface area contributed by atoms with Crippen molar-refractivity contribution < 1.29 is 0 Å². The van der Waals surface area contributed by atoms with Crippen molar-refractivity contribution in [3.63, 3.8) is 0 Å². The lowest BCUT2D eigenvalue weighted by molar-refractivity contribution is 0.703. The number of allylic oxidation sites excluding steroid dienone is 1. The molecule has 0 nitrogen and oxygen atoms in total. The Morgan fingerprint density at radius 1 is 1.09 bits per heavy atom. The molecule has 0 heteroatoms. The Kier molecular flexibility index (Phi) is 15.1. The van der Waals surface area contributed by atoms with Crippen LogP contribution in [-0.2, 0) is 0 Å². The maximum absolute atomic E-state index is 3.94. The third kappa shape index (κ3) is 12.8. The second-order valence-electron chi connectivity index (χ2n) is 2.56. The van der Waals surface area contributed by atoms with Crippen LogP contribution in [0.3, 0.4) is 0 Å². The van der Waals surface area contributed by atoms with E-state index in [0.717, 1.165) is 6.42 Å². The number of rotatable bonds is 5. The van der Waals surface area contributed by atoms with Crippen molar-refractivity contribution in [3.8, 4) is 0 Å². The fraction of sp³-hybridized carbons (Fsp3) is 0.818. The number of hydrogen-bond acceptors (Lipinski definition) is 0. The van der Waals surface area contributed by atoms with Crippen LogP contribution in [0.15, 0.2) is 12.2 Å². The van der Waals surface area contributed by atoms with Crippen LogP contribution < -0.4 is 0 Å². The summed E-state index contributed by atoms with van der Waals surface area (Å²) in [7, 11) is 0. The first-order valence-corrected chi connectivity index (χ1v) is 4.97. The minimum absolute atomic E-state index is 1.16. The van der Waals surface area contributed by atoms with E-state index in [1.165, 1.54) is 31.3 Å². The highest BCUT2D eigenvalue weighted by Crippen LogP contribution is 2.08. The molecular weight excluding hydrogens is 132 g/mol. The summed E-state index contributed by atoms with van der Waals surface area (Å²) in [6.45, 7) is 12.4. The second kappa shape index (κ2) is 12.4. The van der Waals surface area contributed by atoms with Gasteiger partial charge in [0.1, 0.15) is 0 Å². The number of unbranched alkanes of at least 4 members (excludes halogenated alkanes) is 2. The van der Waals surface area contributed by atoms with Gasteiger partial charge in [0.05, 0.1) is 0 Å². The molecular formula is C11H24. The molecule has 11 heavy (non-hydrogen) atoms. The van der Waals surface area contributed by atoms with Gasteiger partial charge < -0.3 is 0 Å². The Morgan fingerprint density at radius 3 is 2.00 bits per heavy atom. The van der Waals surface area contributed by atoms with Crippen molar-refractivity contribution in [1.82, 2.24) is 0 Å². The van der Waals surface area contributed by atoms with Gasteiger partial charge in [-0.05, 0) is 19.3 Å². The van der Waals surface area contributed by atoms with Gasteiger partial charge in [-0.1, -0.05) is 52.7 Å². The Hall–Kier alpha value is -0.260. The molecule has 0 radical (unpaired) electrons. The topological polar surface area (TPSA) is 0 Å². The first kappa shape index (κ1) is 13.3. The van der Waals surface area contributed by atoms with Crippen LogP contribution in [0, 0.1) is 0 Å². The van der Waals surface area contributed by atoms with Gasteiger partial charge in [-0.3, -0.25) is 0 Å². The van der Waals surface area contributed by atoms with E-state index in [1.807, 2.05) is 13.8 Å². The molecule has 0 amide bonds. The SMILES string of the molecule is C=C(CC)CCCCC.CC. The van der Waals surface area contributed by atoms with Gasteiger partial charge in [-0.25, -0.2) is 0 Å². The largest absolute Gasteiger partial charge is 0.0999 e. The molecule has 0 rings (SSSR count). The van der Waals surface area contributed by atoms with Crippen LogP contribution in [0.4, 0.5) is 0 Å². The normalized spacial score (nSPS) is 8.36. The molecule has 0 spiro atoms. The third-order valence-corrected chi connectivity index (χ3v) is 1.63. The highest BCUT2D eigenvalue weighted by molar-refractivity contribution is 4.91. The van der Waals surface area contributed by atoms with Crippen LogP contribution in [0.5, 0.6) is 0 Å². The molecule has 0 heterocycles. The van der Waals surface area contributed by atoms with Gasteiger partial charge >= 0.3 is 0 Å². The first-order chi connectivity index (χ1) is 5.31.